The van der Waals surface area contributed by atoms with E-state index in [4.69, 9.17) is 0 Å². The number of H-pyrrole nitrogens is 1. The molecular weight excluding hydrogens is 441 g/mol. The van der Waals surface area contributed by atoms with Gasteiger partial charge in [-0.3, -0.25) is 4.79 Å². The molecule has 0 unspecified atom stereocenters. The van der Waals surface area contributed by atoms with Gasteiger partial charge in [0.15, 0.2) is 0 Å². The smallest absolute Gasteiger partial charge is 0.361 e. The second-order valence-corrected chi connectivity index (χ2v) is 6.81. The van der Waals surface area contributed by atoms with Crippen molar-refractivity contribution in [1.29, 1.82) is 0 Å². The summed E-state index contributed by atoms with van der Waals surface area (Å²) in [6.07, 6.45) is -15.9. The fourth-order valence-electron chi connectivity index (χ4n) is 3.27. The first kappa shape index (κ1) is 22.7. The van der Waals surface area contributed by atoms with Crippen molar-refractivity contribution in [2.24, 2.45) is 0 Å². The molecular formula is C20H12F9NO. The number of para-hydroxylation sites is 1. The Hall–Kier alpha value is -2.98. The van der Waals surface area contributed by atoms with E-state index in [0.29, 0.717) is 17.6 Å². The molecule has 0 saturated heterocycles. The highest BCUT2D eigenvalue weighted by atomic mass is 19.4. The van der Waals surface area contributed by atoms with Gasteiger partial charge in [-0.1, -0.05) is 18.2 Å². The van der Waals surface area contributed by atoms with Crippen LogP contribution in [0.2, 0.25) is 0 Å². The first-order chi connectivity index (χ1) is 14.2. The summed E-state index contributed by atoms with van der Waals surface area (Å²) >= 11 is 0. The van der Waals surface area contributed by atoms with Crippen molar-refractivity contribution in [1.82, 2.24) is 4.98 Å². The van der Waals surface area contributed by atoms with Crippen LogP contribution in [0.3, 0.4) is 0 Å². The van der Waals surface area contributed by atoms with Crippen LogP contribution in [0.1, 0.15) is 34.6 Å². The van der Waals surface area contributed by atoms with Crippen molar-refractivity contribution in [2.75, 3.05) is 0 Å². The van der Waals surface area contributed by atoms with Gasteiger partial charge in [0, 0.05) is 29.4 Å². The van der Waals surface area contributed by atoms with Crippen molar-refractivity contribution in [3.8, 4) is 0 Å². The van der Waals surface area contributed by atoms with Gasteiger partial charge in [-0.2, -0.15) is 39.5 Å². The number of hydrogen-bond donors (Lipinski definition) is 1. The molecule has 2 nitrogen and oxygen atoms in total. The average molecular weight is 453 g/mol. The first-order valence-corrected chi connectivity index (χ1v) is 8.63. The van der Waals surface area contributed by atoms with Crippen LogP contribution in [0, 0.1) is 0 Å². The summed E-state index contributed by atoms with van der Waals surface area (Å²) in [5, 5.41) is 0.272. The van der Waals surface area contributed by atoms with E-state index in [1.54, 1.807) is 6.07 Å². The molecule has 3 rings (SSSR count). The zero-order valence-corrected chi connectivity index (χ0v) is 15.2. The van der Waals surface area contributed by atoms with Crippen molar-refractivity contribution >= 4 is 16.7 Å². The normalized spacial score (nSPS) is 14.1. The Bertz CT molecular complexity index is 1070. The zero-order valence-electron chi connectivity index (χ0n) is 15.2. The summed E-state index contributed by atoms with van der Waals surface area (Å²) in [5.74, 6) is -3.97. The standard InChI is InChI=1S/C20H12F9NO/c21-18(22,23)11-5-10(6-12(7-11)19(24,25)26)14(8-17(31)20(27,28)29)15-9-30-16-4-2-1-3-13(15)16/h1-7,9,14,30H,8H2/t14-/m1/s1. The van der Waals surface area contributed by atoms with E-state index in [1.807, 2.05) is 0 Å². The van der Waals surface area contributed by atoms with Gasteiger partial charge >= 0.3 is 18.5 Å². The van der Waals surface area contributed by atoms with Crippen LogP contribution in [0.5, 0.6) is 0 Å². The number of aromatic amines is 1. The fraction of sp³-hybridized carbons (Fsp3) is 0.250. The molecule has 11 heteroatoms. The lowest BCUT2D eigenvalue weighted by molar-refractivity contribution is -0.171. The molecule has 0 amide bonds. The maximum absolute atomic E-state index is 13.2. The molecule has 1 atom stereocenters. The number of carbonyl (C=O) groups is 1. The van der Waals surface area contributed by atoms with Gasteiger partial charge in [0.25, 0.3) is 0 Å². The van der Waals surface area contributed by atoms with Gasteiger partial charge in [-0.05, 0) is 35.4 Å². The third-order valence-electron chi connectivity index (χ3n) is 4.71. The summed E-state index contributed by atoms with van der Waals surface area (Å²) in [6.45, 7) is 0. The largest absolute Gasteiger partial charge is 0.450 e. The molecule has 31 heavy (non-hydrogen) atoms. The van der Waals surface area contributed by atoms with E-state index in [2.05, 4.69) is 4.98 Å². The van der Waals surface area contributed by atoms with Crippen LogP contribution < -0.4 is 0 Å². The van der Waals surface area contributed by atoms with E-state index in [0.717, 1.165) is 0 Å². The monoisotopic (exact) mass is 453 g/mol. The lowest BCUT2D eigenvalue weighted by Gasteiger charge is -2.21. The lowest BCUT2D eigenvalue weighted by atomic mass is 9.85. The molecule has 0 saturated carbocycles. The minimum Gasteiger partial charge on any atom is -0.361 e. The van der Waals surface area contributed by atoms with Crippen molar-refractivity contribution in [3.05, 3.63) is 70.9 Å². The van der Waals surface area contributed by atoms with Crippen molar-refractivity contribution < 1.29 is 44.3 Å². The van der Waals surface area contributed by atoms with Crippen molar-refractivity contribution in [3.63, 3.8) is 0 Å². The summed E-state index contributed by atoms with van der Waals surface area (Å²) in [4.78, 5) is 14.4. The SMILES string of the molecule is O=C(C[C@H](c1cc(C(F)(F)F)cc(C(F)(F)F)c1)c1c[nH]c2ccccc12)C(F)(F)F. The lowest BCUT2D eigenvalue weighted by Crippen LogP contribution is -2.25. The Balaban J connectivity index is 2.25. The molecule has 3 aromatic rings. The quantitative estimate of drug-likeness (QED) is 0.430. The van der Waals surface area contributed by atoms with E-state index >= 15 is 0 Å². The molecule has 0 fully saturated rings. The van der Waals surface area contributed by atoms with Crippen LogP contribution in [0.4, 0.5) is 39.5 Å². The molecule has 0 spiro atoms. The minimum atomic E-state index is -5.31. The molecule has 1 N–H and O–H groups in total. The molecule has 0 aliphatic heterocycles. The summed E-state index contributed by atoms with van der Waals surface area (Å²) in [6, 6.07) is 6.58. The molecule has 0 bridgehead atoms. The third-order valence-corrected chi connectivity index (χ3v) is 4.71. The van der Waals surface area contributed by atoms with Gasteiger partial charge in [-0.15, -0.1) is 0 Å². The third kappa shape index (κ3) is 4.86. The second kappa shape index (κ2) is 7.61. The number of alkyl halides is 9. The number of nitrogens with one attached hydrogen (secondary N) is 1. The summed E-state index contributed by atoms with van der Waals surface area (Å²) in [5.41, 5.74) is -3.70. The Morgan fingerprint density at radius 3 is 1.90 bits per heavy atom. The van der Waals surface area contributed by atoms with Crippen LogP contribution in [0.15, 0.2) is 48.7 Å². The Morgan fingerprint density at radius 2 is 1.39 bits per heavy atom. The maximum atomic E-state index is 13.2. The fourth-order valence-corrected chi connectivity index (χ4v) is 3.27. The van der Waals surface area contributed by atoms with E-state index in [9.17, 15) is 44.3 Å². The van der Waals surface area contributed by atoms with E-state index < -0.39 is 53.3 Å². The molecule has 166 valence electrons. The number of rotatable bonds is 4. The number of carbonyl (C=O) groups excluding carboxylic acids is 1. The Morgan fingerprint density at radius 1 is 0.839 bits per heavy atom. The second-order valence-electron chi connectivity index (χ2n) is 6.81. The van der Waals surface area contributed by atoms with Crippen LogP contribution >= 0.6 is 0 Å². The molecule has 0 aliphatic rings. The predicted octanol–water partition coefficient (Wildman–Crippen LogP) is 6.86. The number of ketones is 1. The van der Waals surface area contributed by atoms with Gasteiger partial charge in [0.05, 0.1) is 11.1 Å². The average Bonchev–Trinajstić information content (AvgIpc) is 3.07. The van der Waals surface area contributed by atoms with E-state index in [1.165, 1.54) is 24.4 Å². The molecule has 0 radical (unpaired) electrons. The van der Waals surface area contributed by atoms with E-state index in [-0.39, 0.29) is 17.0 Å². The number of fused-ring (bicyclic) bond motifs is 1. The van der Waals surface area contributed by atoms with Crippen LogP contribution in [-0.4, -0.2) is 16.9 Å². The Labute approximate surface area is 168 Å². The van der Waals surface area contributed by atoms with Crippen LogP contribution in [-0.2, 0) is 17.1 Å². The highest BCUT2D eigenvalue weighted by Gasteiger charge is 2.42. The summed E-state index contributed by atoms with van der Waals surface area (Å²) in [7, 11) is 0. The molecule has 1 heterocycles. The van der Waals surface area contributed by atoms with Gasteiger partial charge in [0.1, 0.15) is 0 Å². The van der Waals surface area contributed by atoms with Crippen LogP contribution in [0.25, 0.3) is 10.9 Å². The highest BCUT2D eigenvalue weighted by molar-refractivity contribution is 5.88. The summed E-state index contributed by atoms with van der Waals surface area (Å²) < 4.78 is 118. The number of aromatic nitrogens is 1. The predicted molar refractivity (Wildman–Crippen MR) is 92.3 cm³/mol. The molecule has 2 aromatic carbocycles. The van der Waals surface area contributed by atoms with Gasteiger partial charge in [0.2, 0.25) is 5.78 Å². The van der Waals surface area contributed by atoms with Crippen molar-refractivity contribution in [2.45, 2.75) is 30.9 Å². The maximum Gasteiger partial charge on any atom is 0.450 e. The number of halogens is 9. The minimum absolute atomic E-state index is 0.0272. The molecule has 0 aliphatic carbocycles. The zero-order chi connectivity index (χ0) is 23.2. The Kier molecular flexibility index (Phi) is 5.57. The van der Waals surface area contributed by atoms with Gasteiger partial charge in [-0.25, -0.2) is 0 Å². The first-order valence-electron chi connectivity index (χ1n) is 8.63. The number of Topliss-reactive ketones (excluding diaryl/α,β-unsaturated/α-hetero) is 1. The topological polar surface area (TPSA) is 32.9 Å². The molecule has 1 aromatic heterocycles. The highest BCUT2D eigenvalue weighted by Crippen LogP contribution is 2.41. The number of benzene rings is 2. The number of hydrogen-bond acceptors (Lipinski definition) is 1. The van der Waals surface area contributed by atoms with Gasteiger partial charge < -0.3 is 4.98 Å².